The largest absolute Gasteiger partial charge is 0.382 e. The number of hydrogen-bond acceptors (Lipinski definition) is 3. The highest BCUT2D eigenvalue weighted by Gasteiger charge is 1.99. The van der Waals surface area contributed by atoms with Gasteiger partial charge in [0.2, 0.25) is 0 Å². The Labute approximate surface area is 88.2 Å². The lowest BCUT2D eigenvalue weighted by molar-refractivity contribution is 0.0108. The highest BCUT2D eigenvalue weighted by atomic mass is 16.5. The molecule has 0 amide bonds. The van der Waals surface area contributed by atoms with Crippen LogP contribution in [0.15, 0.2) is 0 Å². The molecule has 3 heteroatoms. The second-order valence-electron chi connectivity index (χ2n) is 3.59. The van der Waals surface area contributed by atoms with Crippen LogP contribution in [0.3, 0.4) is 0 Å². The van der Waals surface area contributed by atoms with Gasteiger partial charge in [-0.15, -0.1) is 0 Å². The van der Waals surface area contributed by atoms with Crippen molar-refractivity contribution in [2.45, 2.75) is 39.2 Å². The lowest BCUT2D eigenvalue weighted by Gasteiger charge is -2.12. The van der Waals surface area contributed by atoms with Crippen LogP contribution in [0.1, 0.15) is 33.1 Å². The molecule has 0 aliphatic rings. The molecule has 0 fully saturated rings. The minimum Gasteiger partial charge on any atom is -0.382 e. The zero-order chi connectivity index (χ0) is 10.6. The van der Waals surface area contributed by atoms with Crippen molar-refractivity contribution in [2.75, 3.05) is 33.4 Å². The van der Waals surface area contributed by atoms with Gasteiger partial charge in [-0.2, -0.15) is 0 Å². The molecule has 0 aromatic heterocycles. The number of hydrogen-bond donors (Lipinski definition) is 1. The summed E-state index contributed by atoms with van der Waals surface area (Å²) in [7, 11) is 1.70. The molecule has 0 heterocycles. The fraction of sp³-hybridized carbons (Fsp3) is 1.00. The van der Waals surface area contributed by atoms with Crippen molar-refractivity contribution in [2.24, 2.45) is 0 Å². The minimum atomic E-state index is 0.206. The summed E-state index contributed by atoms with van der Waals surface area (Å²) in [4.78, 5) is 0. The fourth-order valence-electron chi connectivity index (χ4n) is 1.24. The molecule has 0 aromatic rings. The van der Waals surface area contributed by atoms with Crippen molar-refractivity contribution in [3.05, 3.63) is 0 Å². The molecule has 3 nitrogen and oxygen atoms in total. The molecule has 0 spiro atoms. The van der Waals surface area contributed by atoms with E-state index < -0.39 is 0 Å². The molecular weight excluding hydrogens is 178 g/mol. The summed E-state index contributed by atoms with van der Waals surface area (Å²) in [6.45, 7) is 7.75. The van der Waals surface area contributed by atoms with Crippen LogP contribution in [0, 0.1) is 0 Å². The molecular formula is C11H25NO2. The minimum absolute atomic E-state index is 0.206. The predicted molar refractivity (Wildman–Crippen MR) is 59.7 cm³/mol. The van der Waals surface area contributed by atoms with Crippen LogP contribution >= 0.6 is 0 Å². The standard InChI is InChI=1S/C11H25NO2/c1-4-5-6-7-12-8-9-14-11(2)10-13-3/h11-12H,4-10H2,1-3H3. The molecule has 1 unspecified atom stereocenters. The van der Waals surface area contributed by atoms with E-state index >= 15 is 0 Å². The van der Waals surface area contributed by atoms with Crippen LogP contribution in [0.4, 0.5) is 0 Å². The van der Waals surface area contributed by atoms with E-state index in [0.717, 1.165) is 19.7 Å². The third-order valence-electron chi connectivity index (χ3n) is 2.04. The highest BCUT2D eigenvalue weighted by Crippen LogP contribution is 1.92. The van der Waals surface area contributed by atoms with Crippen LogP contribution < -0.4 is 5.32 Å². The summed E-state index contributed by atoms with van der Waals surface area (Å²) in [5, 5.41) is 3.35. The number of ether oxygens (including phenoxy) is 2. The first-order chi connectivity index (χ1) is 6.81. The molecule has 1 atom stereocenters. The van der Waals surface area contributed by atoms with E-state index in [0.29, 0.717) is 6.61 Å². The molecule has 0 bridgehead atoms. The number of methoxy groups -OCH3 is 1. The summed E-state index contributed by atoms with van der Waals surface area (Å²) >= 11 is 0. The molecule has 0 aliphatic carbocycles. The average molecular weight is 203 g/mol. The van der Waals surface area contributed by atoms with E-state index in [1.165, 1.54) is 19.3 Å². The van der Waals surface area contributed by atoms with Crippen molar-refractivity contribution in [3.63, 3.8) is 0 Å². The quantitative estimate of drug-likeness (QED) is 0.549. The Morgan fingerprint density at radius 2 is 2.00 bits per heavy atom. The van der Waals surface area contributed by atoms with Gasteiger partial charge >= 0.3 is 0 Å². The summed E-state index contributed by atoms with van der Waals surface area (Å²) < 4.78 is 10.5. The maximum Gasteiger partial charge on any atom is 0.0780 e. The Balaban J connectivity index is 2.98. The zero-order valence-corrected chi connectivity index (χ0v) is 9.84. The summed E-state index contributed by atoms with van der Waals surface area (Å²) in [5.74, 6) is 0. The average Bonchev–Trinajstić information content (AvgIpc) is 2.17. The van der Waals surface area contributed by atoms with Crippen LogP contribution in [0.2, 0.25) is 0 Å². The predicted octanol–water partition coefficient (Wildman–Crippen LogP) is 1.82. The topological polar surface area (TPSA) is 30.5 Å². The number of unbranched alkanes of at least 4 members (excludes halogenated alkanes) is 2. The Hall–Kier alpha value is -0.120. The molecule has 86 valence electrons. The second kappa shape index (κ2) is 11.0. The first-order valence-electron chi connectivity index (χ1n) is 5.62. The maximum absolute atomic E-state index is 5.50. The molecule has 0 aliphatic heterocycles. The monoisotopic (exact) mass is 203 g/mol. The lowest BCUT2D eigenvalue weighted by Crippen LogP contribution is -2.24. The van der Waals surface area contributed by atoms with Gasteiger partial charge in [-0.3, -0.25) is 0 Å². The summed E-state index contributed by atoms with van der Waals surface area (Å²) in [6, 6.07) is 0. The van der Waals surface area contributed by atoms with E-state index in [4.69, 9.17) is 9.47 Å². The second-order valence-corrected chi connectivity index (χ2v) is 3.59. The van der Waals surface area contributed by atoms with E-state index in [-0.39, 0.29) is 6.10 Å². The maximum atomic E-state index is 5.50. The lowest BCUT2D eigenvalue weighted by atomic mass is 10.2. The van der Waals surface area contributed by atoms with Gasteiger partial charge in [-0.1, -0.05) is 19.8 Å². The molecule has 0 saturated heterocycles. The van der Waals surface area contributed by atoms with Crippen molar-refractivity contribution in [1.29, 1.82) is 0 Å². The van der Waals surface area contributed by atoms with Crippen LogP contribution in [0.25, 0.3) is 0 Å². The van der Waals surface area contributed by atoms with Gasteiger partial charge in [-0.05, 0) is 19.9 Å². The Morgan fingerprint density at radius 1 is 1.21 bits per heavy atom. The molecule has 14 heavy (non-hydrogen) atoms. The molecule has 0 radical (unpaired) electrons. The third kappa shape index (κ3) is 9.96. The summed E-state index contributed by atoms with van der Waals surface area (Å²) in [6.07, 6.45) is 4.07. The van der Waals surface area contributed by atoms with Crippen LogP contribution in [-0.4, -0.2) is 39.5 Å². The van der Waals surface area contributed by atoms with Crippen molar-refractivity contribution < 1.29 is 9.47 Å². The van der Waals surface area contributed by atoms with Gasteiger partial charge < -0.3 is 14.8 Å². The van der Waals surface area contributed by atoms with Gasteiger partial charge in [0.25, 0.3) is 0 Å². The molecule has 0 saturated carbocycles. The first kappa shape index (κ1) is 13.9. The summed E-state index contributed by atoms with van der Waals surface area (Å²) in [5.41, 5.74) is 0. The normalized spacial score (nSPS) is 13.1. The third-order valence-corrected chi connectivity index (χ3v) is 2.04. The Morgan fingerprint density at radius 3 is 2.64 bits per heavy atom. The number of nitrogens with one attached hydrogen (secondary N) is 1. The van der Waals surface area contributed by atoms with Gasteiger partial charge in [0, 0.05) is 13.7 Å². The van der Waals surface area contributed by atoms with Gasteiger partial charge in [0.1, 0.15) is 0 Å². The Kier molecular flexibility index (Phi) is 10.9. The van der Waals surface area contributed by atoms with Gasteiger partial charge in [0.15, 0.2) is 0 Å². The van der Waals surface area contributed by atoms with E-state index in [1.807, 2.05) is 6.92 Å². The zero-order valence-electron chi connectivity index (χ0n) is 9.84. The van der Waals surface area contributed by atoms with Crippen molar-refractivity contribution in [1.82, 2.24) is 5.32 Å². The highest BCUT2D eigenvalue weighted by molar-refractivity contribution is 4.50. The van der Waals surface area contributed by atoms with E-state index in [2.05, 4.69) is 12.2 Å². The van der Waals surface area contributed by atoms with Crippen LogP contribution in [-0.2, 0) is 9.47 Å². The van der Waals surface area contributed by atoms with Crippen molar-refractivity contribution >= 4 is 0 Å². The van der Waals surface area contributed by atoms with E-state index in [1.54, 1.807) is 7.11 Å². The van der Waals surface area contributed by atoms with Gasteiger partial charge in [-0.25, -0.2) is 0 Å². The SMILES string of the molecule is CCCCCNCCOC(C)COC. The van der Waals surface area contributed by atoms with Crippen molar-refractivity contribution in [3.8, 4) is 0 Å². The first-order valence-corrected chi connectivity index (χ1v) is 5.62. The Bertz CT molecular complexity index is 109. The smallest absolute Gasteiger partial charge is 0.0780 e. The molecule has 0 rings (SSSR count). The van der Waals surface area contributed by atoms with E-state index in [9.17, 15) is 0 Å². The molecule has 1 N–H and O–H groups in total. The fourth-order valence-corrected chi connectivity index (χ4v) is 1.24. The molecule has 0 aromatic carbocycles. The van der Waals surface area contributed by atoms with Crippen LogP contribution in [0.5, 0.6) is 0 Å². The van der Waals surface area contributed by atoms with Gasteiger partial charge in [0.05, 0.1) is 19.3 Å². The number of rotatable bonds is 10.